The number of hydrogen-bond acceptors (Lipinski definition) is 6. The maximum Gasteiger partial charge on any atom is 0.241 e. The first-order valence-electron chi connectivity index (χ1n) is 9.10. The second-order valence-electron chi connectivity index (χ2n) is 6.59. The van der Waals surface area contributed by atoms with Crippen LogP contribution in [0.5, 0.6) is 5.75 Å². The van der Waals surface area contributed by atoms with Gasteiger partial charge in [0.2, 0.25) is 11.9 Å². The van der Waals surface area contributed by atoms with Gasteiger partial charge in [-0.05, 0) is 56.5 Å². The van der Waals surface area contributed by atoms with Gasteiger partial charge in [0, 0.05) is 13.1 Å². The molecule has 1 aliphatic heterocycles. The van der Waals surface area contributed by atoms with E-state index in [-0.39, 0.29) is 5.95 Å². The molecule has 1 saturated heterocycles. The van der Waals surface area contributed by atoms with E-state index < -0.39 is 0 Å². The molecular weight excluding hydrogens is 316 g/mol. The molecule has 2 aromatic rings. The van der Waals surface area contributed by atoms with Crippen molar-refractivity contribution >= 4 is 11.9 Å². The molecule has 2 heterocycles. The van der Waals surface area contributed by atoms with Crippen LogP contribution in [0, 0.1) is 0 Å². The molecule has 136 valence electrons. The van der Waals surface area contributed by atoms with E-state index >= 15 is 0 Å². The lowest BCUT2D eigenvalue weighted by Gasteiger charge is -2.26. The molecule has 0 aliphatic carbocycles. The highest BCUT2D eigenvalue weighted by atomic mass is 16.5. The Balaban J connectivity index is 1.39. The summed E-state index contributed by atoms with van der Waals surface area (Å²) in [6.45, 7) is 4.82. The molecule has 0 unspecified atom stereocenters. The Kier molecular flexibility index (Phi) is 6.11. The summed E-state index contributed by atoms with van der Waals surface area (Å²) in [5, 5.41) is 4.05. The Morgan fingerprint density at radius 3 is 2.68 bits per heavy atom. The number of nitrogens with two attached hydrogens (primary N) is 2. The summed E-state index contributed by atoms with van der Waals surface area (Å²) in [5.74, 6) is 1.53. The molecule has 0 bridgehead atoms. The predicted octanol–water partition coefficient (Wildman–Crippen LogP) is 2.29. The van der Waals surface area contributed by atoms with Gasteiger partial charge in [-0.25, -0.2) is 4.68 Å². The number of unbranched alkanes of at least 4 members (excludes halogenated alkanes) is 1. The first-order chi connectivity index (χ1) is 12.2. The van der Waals surface area contributed by atoms with Gasteiger partial charge in [-0.1, -0.05) is 18.6 Å². The van der Waals surface area contributed by atoms with Gasteiger partial charge in [0.05, 0.1) is 6.61 Å². The number of ether oxygens (including phenoxy) is 1. The molecule has 0 radical (unpaired) electrons. The fraction of sp³-hybridized carbons (Fsp3) is 0.556. The number of benzene rings is 1. The summed E-state index contributed by atoms with van der Waals surface area (Å²) in [7, 11) is 0. The highest BCUT2D eigenvalue weighted by Crippen LogP contribution is 2.18. The van der Waals surface area contributed by atoms with E-state index in [1.165, 1.54) is 37.9 Å². The second kappa shape index (κ2) is 8.71. The number of nitrogen functional groups attached to an aromatic ring is 2. The lowest BCUT2D eigenvalue weighted by Crippen LogP contribution is -2.29. The van der Waals surface area contributed by atoms with E-state index in [1.54, 1.807) is 4.68 Å². The molecule has 25 heavy (non-hydrogen) atoms. The van der Waals surface area contributed by atoms with Crippen LogP contribution in [0.2, 0.25) is 0 Å². The van der Waals surface area contributed by atoms with Crippen molar-refractivity contribution < 1.29 is 4.74 Å². The molecule has 0 amide bonds. The van der Waals surface area contributed by atoms with Crippen LogP contribution >= 0.6 is 0 Å². The van der Waals surface area contributed by atoms with Crippen LogP contribution in [0.4, 0.5) is 11.9 Å². The van der Waals surface area contributed by atoms with E-state index in [2.05, 4.69) is 33.2 Å². The summed E-state index contributed by atoms with van der Waals surface area (Å²) in [4.78, 5) is 6.41. The van der Waals surface area contributed by atoms with E-state index in [4.69, 9.17) is 16.2 Å². The zero-order chi connectivity index (χ0) is 17.5. The van der Waals surface area contributed by atoms with Crippen LogP contribution < -0.4 is 16.2 Å². The third-order valence-corrected chi connectivity index (χ3v) is 4.50. The van der Waals surface area contributed by atoms with Crippen molar-refractivity contribution in [2.24, 2.45) is 0 Å². The molecule has 4 N–H and O–H groups in total. The second-order valence-corrected chi connectivity index (χ2v) is 6.59. The maximum atomic E-state index is 5.89. The van der Waals surface area contributed by atoms with Crippen molar-refractivity contribution in [1.29, 1.82) is 0 Å². The minimum Gasteiger partial charge on any atom is -0.494 e. The van der Waals surface area contributed by atoms with Gasteiger partial charge in [0.1, 0.15) is 5.75 Å². The molecule has 1 fully saturated rings. The first kappa shape index (κ1) is 17.5. The van der Waals surface area contributed by atoms with Gasteiger partial charge in [-0.2, -0.15) is 4.98 Å². The lowest BCUT2D eigenvalue weighted by atomic mass is 10.1. The molecular formula is C18H28N6O. The Hall–Kier alpha value is -2.28. The molecule has 3 rings (SSSR count). The minimum absolute atomic E-state index is 0.222. The topological polar surface area (TPSA) is 95.2 Å². The SMILES string of the molecule is Nc1nc(N)n(CCCCOc2cccc(CN3CCCCC3)c2)n1. The highest BCUT2D eigenvalue weighted by molar-refractivity contribution is 5.28. The molecule has 7 nitrogen and oxygen atoms in total. The molecule has 1 aromatic heterocycles. The van der Waals surface area contributed by atoms with Gasteiger partial charge >= 0.3 is 0 Å². The summed E-state index contributed by atoms with van der Waals surface area (Å²) in [6.07, 6.45) is 5.85. The Bertz CT molecular complexity index is 665. The van der Waals surface area contributed by atoms with Crippen molar-refractivity contribution in [1.82, 2.24) is 19.7 Å². The quantitative estimate of drug-likeness (QED) is 0.713. The lowest BCUT2D eigenvalue weighted by molar-refractivity contribution is 0.220. The number of aryl methyl sites for hydroxylation is 1. The molecule has 0 spiro atoms. The van der Waals surface area contributed by atoms with Crippen LogP contribution in [-0.4, -0.2) is 39.4 Å². The number of anilines is 2. The standard InChI is InChI=1S/C18H28N6O/c19-17-21-18(20)24(22-17)11-4-5-12-25-16-8-6-7-15(13-16)14-23-9-2-1-3-10-23/h6-8,13H,1-5,9-12,14H2,(H4,19,20,21,22). The van der Waals surface area contributed by atoms with Crippen molar-refractivity contribution in [2.75, 3.05) is 31.2 Å². The van der Waals surface area contributed by atoms with E-state index in [0.29, 0.717) is 19.1 Å². The maximum absolute atomic E-state index is 5.89. The van der Waals surface area contributed by atoms with Crippen LogP contribution in [0.3, 0.4) is 0 Å². The van der Waals surface area contributed by atoms with Crippen molar-refractivity contribution in [3.8, 4) is 5.75 Å². The summed E-state index contributed by atoms with van der Waals surface area (Å²) in [6, 6.07) is 8.44. The third kappa shape index (κ3) is 5.35. The zero-order valence-corrected chi connectivity index (χ0v) is 14.7. The number of nitrogens with zero attached hydrogens (tertiary/aromatic N) is 4. The van der Waals surface area contributed by atoms with Crippen LogP contribution in [-0.2, 0) is 13.1 Å². The van der Waals surface area contributed by atoms with Gasteiger partial charge < -0.3 is 16.2 Å². The van der Waals surface area contributed by atoms with E-state index in [1.807, 2.05) is 6.07 Å². The van der Waals surface area contributed by atoms with Gasteiger partial charge in [0.15, 0.2) is 0 Å². The van der Waals surface area contributed by atoms with Crippen LogP contribution in [0.1, 0.15) is 37.7 Å². The van der Waals surface area contributed by atoms with Crippen LogP contribution in [0.15, 0.2) is 24.3 Å². The third-order valence-electron chi connectivity index (χ3n) is 4.50. The fourth-order valence-electron chi connectivity index (χ4n) is 3.20. The highest BCUT2D eigenvalue weighted by Gasteiger charge is 2.10. The number of aromatic nitrogens is 3. The molecule has 7 heteroatoms. The Labute approximate surface area is 149 Å². The van der Waals surface area contributed by atoms with E-state index in [0.717, 1.165) is 25.1 Å². The van der Waals surface area contributed by atoms with E-state index in [9.17, 15) is 0 Å². The molecule has 0 atom stereocenters. The number of likely N-dealkylation sites (tertiary alicyclic amines) is 1. The Morgan fingerprint density at radius 2 is 1.92 bits per heavy atom. The average Bonchev–Trinajstić information content (AvgIpc) is 2.93. The summed E-state index contributed by atoms with van der Waals surface area (Å²) < 4.78 is 7.52. The molecule has 0 saturated carbocycles. The summed E-state index contributed by atoms with van der Waals surface area (Å²) in [5.41, 5.74) is 12.6. The molecule has 1 aromatic carbocycles. The van der Waals surface area contributed by atoms with Gasteiger partial charge in [-0.3, -0.25) is 4.90 Å². The smallest absolute Gasteiger partial charge is 0.241 e. The van der Waals surface area contributed by atoms with Gasteiger partial charge in [-0.15, -0.1) is 5.10 Å². The van der Waals surface area contributed by atoms with Gasteiger partial charge in [0.25, 0.3) is 0 Å². The number of piperidine rings is 1. The normalized spacial score (nSPS) is 15.4. The predicted molar refractivity (Wildman–Crippen MR) is 99.1 cm³/mol. The molecule has 1 aliphatic rings. The Morgan fingerprint density at radius 1 is 1.08 bits per heavy atom. The number of hydrogen-bond donors (Lipinski definition) is 2. The van der Waals surface area contributed by atoms with Crippen molar-refractivity contribution in [2.45, 2.75) is 45.2 Å². The van der Waals surface area contributed by atoms with Crippen molar-refractivity contribution in [3.05, 3.63) is 29.8 Å². The summed E-state index contributed by atoms with van der Waals surface area (Å²) >= 11 is 0. The van der Waals surface area contributed by atoms with Crippen LogP contribution in [0.25, 0.3) is 0 Å². The minimum atomic E-state index is 0.222. The zero-order valence-electron chi connectivity index (χ0n) is 14.7. The fourth-order valence-corrected chi connectivity index (χ4v) is 3.20. The largest absolute Gasteiger partial charge is 0.494 e. The number of rotatable bonds is 8. The average molecular weight is 344 g/mol. The first-order valence-corrected chi connectivity index (χ1v) is 9.10. The monoisotopic (exact) mass is 344 g/mol. The van der Waals surface area contributed by atoms with Crippen molar-refractivity contribution in [3.63, 3.8) is 0 Å².